The van der Waals surface area contributed by atoms with E-state index in [0.717, 1.165) is 24.2 Å². The Bertz CT molecular complexity index is 885. The maximum absolute atomic E-state index is 12.4. The van der Waals surface area contributed by atoms with Crippen LogP contribution < -0.4 is 10.1 Å². The molecule has 3 heterocycles. The molecule has 27 heavy (non-hydrogen) atoms. The van der Waals surface area contributed by atoms with Crippen molar-refractivity contribution in [3.63, 3.8) is 0 Å². The Kier molecular flexibility index (Phi) is 3.84. The van der Waals surface area contributed by atoms with E-state index < -0.39 is 0 Å². The molecule has 3 fully saturated rings. The fraction of sp³-hybridized carbons (Fsp3) is 0.474. The van der Waals surface area contributed by atoms with Crippen LogP contribution in [0.25, 0.3) is 11.5 Å². The Balaban J connectivity index is 1.23. The number of hydrogen-bond donors (Lipinski definition) is 1. The Morgan fingerprint density at radius 1 is 1.22 bits per heavy atom. The average molecular weight is 368 g/mol. The van der Waals surface area contributed by atoms with Gasteiger partial charge in [0.1, 0.15) is 17.9 Å². The highest BCUT2D eigenvalue weighted by molar-refractivity contribution is 5.91. The molecule has 1 N–H and O–H groups in total. The van der Waals surface area contributed by atoms with Gasteiger partial charge in [-0.1, -0.05) is 17.3 Å². The van der Waals surface area contributed by atoms with Crippen molar-refractivity contribution in [1.29, 1.82) is 0 Å². The minimum Gasteiger partial charge on any atom is -0.486 e. The summed E-state index contributed by atoms with van der Waals surface area (Å²) in [6.45, 7) is 1.02. The monoisotopic (exact) mass is 368 g/mol. The lowest BCUT2D eigenvalue weighted by molar-refractivity contribution is -0.142. The van der Waals surface area contributed by atoms with Crippen molar-refractivity contribution in [1.82, 2.24) is 20.4 Å². The number of likely N-dealkylation sites (tertiary alicyclic amines) is 1. The highest BCUT2D eigenvalue weighted by atomic mass is 16.5. The third kappa shape index (κ3) is 3.15. The number of nitrogens with zero attached hydrogens (tertiary/aromatic N) is 3. The molecule has 1 aromatic carbocycles. The van der Waals surface area contributed by atoms with Crippen LogP contribution in [0.2, 0.25) is 0 Å². The molecule has 1 atom stereocenters. The molecular weight excluding hydrogens is 348 g/mol. The highest BCUT2D eigenvalue weighted by Crippen LogP contribution is 2.39. The number of rotatable bonds is 5. The van der Waals surface area contributed by atoms with Gasteiger partial charge in [-0.2, -0.15) is 4.98 Å². The normalized spacial score (nSPS) is 22.4. The van der Waals surface area contributed by atoms with Gasteiger partial charge in [-0.15, -0.1) is 0 Å². The first-order valence-electron chi connectivity index (χ1n) is 9.35. The molecule has 1 unspecified atom stereocenters. The van der Waals surface area contributed by atoms with Gasteiger partial charge in [0.15, 0.2) is 5.82 Å². The third-order valence-corrected chi connectivity index (χ3v) is 5.25. The highest BCUT2D eigenvalue weighted by Gasteiger charge is 2.38. The smallest absolute Gasteiger partial charge is 0.261 e. The van der Waals surface area contributed by atoms with E-state index in [2.05, 4.69) is 15.5 Å². The minimum atomic E-state index is -0.384. The predicted octanol–water partition coefficient (Wildman–Crippen LogP) is 1.48. The van der Waals surface area contributed by atoms with Crippen LogP contribution in [0.5, 0.6) is 5.75 Å². The molecule has 140 valence electrons. The van der Waals surface area contributed by atoms with Crippen molar-refractivity contribution in [2.24, 2.45) is 0 Å². The van der Waals surface area contributed by atoms with Crippen LogP contribution in [0.4, 0.5) is 0 Å². The van der Waals surface area contributed by atoms with Crippen LogP contribution in [0, 0.1) is 0 Å². The van der Waals surface area contributed by atoms with Crippen molar-refractivity contribution in [2.75, 3.05) is 13.1 Å². The minimum absolute atomic E-state index is 0.0278. The zero-order chi connectivity index (χ0) is 18.4. The molecule has 2 saturated heterocycles. The Labute approximate surface area is 155 Å². The summed E-state index contributed by atoms with van der Waals surface area (Å²) in [4.78, 5) is 29.9. The summed E-state index contributed by atoms with van der Waals surface area (Å²) >= 11 is 0. The van der Waals surface area contributed by atoms with E-state index in [1.165, 1.54) is 0 Å². The van der Waals surface area contributed by atoms with E-state index in [0.29, 0.717) is 43.5 Å². The Morgan fingerprint density at radius 2 is 2.04 bits per heavy atom. The molecule has 0 radical (unpaired) electrons. The van der Waals surface area contributed by atoms with E-state index in [1.807, 2.05) is 24.3 Å². The van der Waals surface area contributed by atoms with Crippen LogP contribution >= 0.6 is 0 Å². The van der Waals surface area contributed by atoms with E-state index in [1.54, 1.807) is 4.90 Å². The second-order valence-corrected chi connectivity index (χ2v) is 7.37. The van der Waals surface area contributed by atoms with Crippen molar-refractivity contribution >= 4 is 11.8 Å². The molecule has 3 aliphatic rings. The first-order chi connectivity index (χ1) is 13.2. The van der Waals surface area contributed by atoms with E-state index in [9.17, 15) is 9.59 Å². The summed E-state index contributed by atoms with van der Waals surface area (Å²) in [7, 11) is 0. The molecule has 8 nitrogen and oxygen atoms in total. The lowest BCUT2D eigenvalue weighted by atomic mass is 10.1. The number of ether oxygens (including phenoxy) is 1. The lowest BCUT2D eigenvalue weighted by Gasteiger charge is -2.40. The maximum Gasteiger partial charge on any atom is 0.261 e. The number of hydrogen-bond acceptors (Lipinski definition) is 6. The predicted molar refractivity (Wildman–Crippen MR) is 93.9 cm³/mol. The van der Waals surface area contributed by atoms with Gasteiger partial charge in [0.05, 0.1) is 18.7 Å². The van der Waals surface area contributed by atoms with Gasteiger partial charge in [-0.3, -0.25) is 9.59 Å². The summed E-state index contributed by atoms with van der Waals surface area (Å²) in [5.41, 5.74) is 0.768. The summed E-state index contributed by atoms with van der Waals surface area (Å²) in [5.74, 6) is 2.25. The van der Waals surface area contributed by atoms with Crippen molar-refractivity contribution in [3.05, 3.63) is 30.1 Å². The molecule has 0 spiro atoms. The van der Waals surface area contributed by atoms with Crippen LogP contribution in [0.1, 0.15) is 37.4 Å². The first kappa shape index (κ1) is 16.3. The van der Waals surface area contributed by atoms with E-state index >= 15 is 0 Å². The van der Waals surface area contributed by atoms with Crippen LogP contribution in [0.15, 0.2) is 28.8 Å². The van der Waals surface area contributed by atoms with Crippen LogP contribution in [-0.2, 0) is 9.59 Å². The maximum atomic E-state index is 12.4. The number of carbonyl (C=O) groups excluding carboxylic acids is 2. The molecule has 2 amide bonds. The molecule has 1 aromatic heterocycles. The quantitative estimate of drug-likeness (QED) is 0.859. The van der Waals surface area contributed by atoms with Crippen molar-refractivity contribution in [2.45, 2.75) is 43.7 Å². The standard InChI is InChI=1S/C19H20N4O4/c24-16-8-7-14(20-16)19(25)23-9-12(10-23)26-15-4-2-1-3-13(15)18-21-17(22-27-18)11-5-6-11/h1-4,11-12,14H,5-10H2,(H,20,24). The zero-order valence-corrected chi connectivity index (χ0v) is 14.8. The van der Waals surface area contributed by atoms with Gasteiger partial charge in [-0.05, 0) is 31.4 Å². The van der Waals surface area contributed by atoms with E-state index in [4.69, 9.17) is 9.26 Å². The SMILES string of the molecule is O=C1CCC(C(=O)N2CC(Oc3ccccc3-c3nc(C4CC4)no3)C2)N1. The van der Waals surface area contributed by atoms with Gasteiger partial charge >= 0.3 is 0 Å². The van der Waals surface area contributed by atoms with Crippen molar-refractivity contribution < 1.29 is 18.8 Å². The number of nitrogens with one attached hydrogen (secondary N) is 1. The number of benzene rings is 1. The molecule has 8 heteroatoms. The molecule has 1 aliphatic carbocycles. The average Bonchev–Trinajstić information content (AvgIpc) is 3.21. The summed E-state index contributed by atoms with van der Waals surface area (Å²) < 4.78 is 11.5. The Hall–Kier alpha value is -2.90. The number of para-hydroxylation sites is 1. The summed E-state index contributed by atoms with van der Waals surface area (Å²) in [6.07, 6.45) is 3.14. The Morgan fingerprint density at radius 3 is 2.78 bits per heavy atom. The molecule has 5 rings (SSSR count). The van der Waals surface area contributed by atoms with Crippen molar-refractivity contribution in [3.8, 4) is 17.2 Å². The fourth-order valence-electron chi connectivity index (χ4n) is 3.49. The zero-order valence-electron chi connectivity index (χ0n) is 14.8. The molecule has 2 aromatic rings. The second-order valence-electron chi connectivity index (χ2n) is 7.37. The second kappa shape index (κ2) is 6.37. The lowest BCUT2D eigenvalue weighted by Crippen LogP contribution is -2.59. The van der Waals surface area contributed by atoms with Gasteiger partial charge in [-0.25, -0.2) is 0 Å². The van der Waals surface area contributed by atoms with E-state index in [-0.39, 0.29) is 24.0 Å². The summed E-state index contributed by atoms with van der Waals surface area (Å²) in [5, 5.41) is 6.78. The topological polar surface area (TPSA) is 97.6 Å². The van der Waals surface area contributed by atoms with Crippen LogP contribution in [0.3, 0.4) is 0 Å². The van der Waals surface area contributed by atoms with Gasteiger partial charge < -0.3 is 19.5 Å². The summed E-state index contributed by atoms with van der Waals surface area (Å²) in [6, 6.07) is 7.19. The first-order valence-corrected chi connectivity index (χ1v) is 9.35. The van der Waals surface area contributed by atoms with Gasteiger partial charge in [0.25, 0.3) is 5.89 Å². The molecular formula is C19H20N4O4. The van der Waals surface area contributed by atoms with Gasteiger partial charge in [0, 0.05) is 12.3 Å². The molecule has 1 saturated carbocycles. The number of amides is 2. The van der Waals surface area contributed by atoms with Crippen LogP contribution in [-0.4, -0.2) is 52.1 Å². The number of aromatic nitrogens is 2. The number of carbonyl (C=O) groups is 2. The molecule has 2 aliphatic heterocycles. The van der Waals surface area contributed by atoms with Gasteiger partial charge in [0.2, 0.25) is 11.8 Å². The third-order valence-electron chi connectivity index (χ3n) is 5.25. The largest absolute Gasteiger partial charge is 0.486 e. The fourth-order valence-corrected chi connectivity index (χ4v) is 3.49. The molecule has 0 bridgehead atoms.